The molecule has 6 heteroatoms. The highest BCUT2D eigenvalue weighted by Crippen LogP contribution is 2.32. The second-order valence-corrected chi connectivity index (χ2v) is 6.35. The van der Waals surface area contributed by atoms with Crippen LogP contribution in [0, 0.1) is 0 Å². The molecule has 0 spiro atoms. The largest absolute Gasteiger partial charge is 0.326 e. The van der Waals surface area contributed by atoms with E-state index < -0.39 is 0 Å². The average Bonchev–Trinajstić information content (AvgIpc) is 2.49. The Morgan fingerprint density at radius 1 is 1.23 bits per heavy atom. The van der Waals surface area contributed by atoms with Gasteiger partial charge in [0.15, 0.2) is 0 Å². The molecule has 22 heavy (non-hydrogen) atoms. The SMILES string of the molecule is O=C(Cc1ccc2c(c1)NC(=O)CS2)Nc1ccc(Cl)cc1. The highest BCUT2D eigenvalue weighted by atomic mass is 35.5. The molecule has 1 aliphatic heterocycles. The molecule has 3 rings (SSSR count). The van der Waals surface area contributed by atoms with Crippen LogP contribution < -0.4 is 10.6 Å². The molecule has 0 saturated carbocycles. The van der Waals surface area contributed by atoms with Gasteiger partial charge in [0.2, 0.25) is 11.8 Å². The van der Waals surface area contributed by atoms with Crippen LogP contribution in [0.5, 0.6) is 0 Å². The van der Waals surface area contributed by atoms with Crippen molar-refractivity contribution in [3.8, 4) is 0 Å². The molecular formula is C16H13ClN2O2S. The van der Waals surface area contributed by atoms with Gasteiger partial charge < -0.3 is 10.6 Å². The lowest BCUT2D eigenvalue weighted by molar-refractivity contribution is -0.115. The fourth-order valence-corrected chi connectivity index (χ4v) is 3.08. The van der Waals surface area contributed by atoms with Gasteiger partial charge in [-0.15, -0.1) is 11.8 Å². The first-order valence-corrected chi connectivity index (χ1v) is 8.07. The van der Waals surface area contributed by atoms with Crippen LogP contribution in [0.4, 0.5) is 11.4 Å². The number of carbonyl (C=O) groups excluding carboxylic acids is 2. The molecule has 0 fully saturated rings. The summed E-state index contributed by atoms with van der Waals surface area (Å²) in [6.07, 6.45) is 0.246. The number of hydrogen-bond donors (Lipinski definition) is 2. The molecule has 0 bridgehead atoms. The summed E-state index contributed by atoms with van der Waals surface area (Å²) in [5.74, 6) is 0.306. The van der Waals surface area contributed by atoms with E-state index in [1.165, 1.54) is 11.8 Å². The van der Waals surface area contributed by atoms with Crippen LogP contribution in [0.1, 0.15) is 5.56 Å². The van der Waals surface area contributed by atoms with Gasteiger partial charge >= 0.3 is 0 Å². The minimum atomic E-state index is -0.114. The Kier molecular flexibility index (Phi) is 4.36. The van der Waals surface area contributed by atoms with Crippen molar-refractivity contribution in [2.24, 2.45) is 0 Å². The molecular weight excluding hydrogens is 320 g/mol. The zero-order chi connectivity index (χ0) is 15.5. The molecule has 0 radical (unpaired) electrons. The maximum atomic E-state index is 12.1. The molecule has 112 valence electrons. The fourth-order valence-electron chi connectivity index (χ4n) is 2.16. The first kappa shape index (κ1) is 14.9. The van der Waals surface area contributed by atoms with Crippen LogP contribution in [-0.2, 0) is 16.0 Å². The van der Waals surface area contributed by atoms with Crippen molar-refractivity contribution in [3.05, 3.63) is 53.1 Å². The van der Waals surface area contributed by atoms with E-state index in [4.69, 9.17) is 11.6 Å². The van der Waals surface area contributed by atoms with Crippen LogP contribution in [0.2, 0.25) is 5.02 Å². The second kappa shape index (κ2) is 6.42. The summed E-state index contributed by atoms with van der Waals surface area (Å²) in [6, 6.07) is 12.6. The average molecular weight is 333 g/mol. The number of thioether (sulfide) groups is 1. The first-order valence-electron chi connectivity index (χ1n) is 6.71. The van der Waals surface area contributed by atoms with Crippen molar-refractivity contribution in [2.75, 3.05) is 16.4 Å². The summed E-state index contributed by atoms with van der Waals surface area (Å²) in [5, 5.41) is 6.27. The Morgan fingerprint density at radius 2 is 2.00 bits per heavy atom. The number of carbonyl (C=O) groups is 2. The quantitative estimate of drug-likeness (QED) is 0.903. The predicted molar refractivity (Wildman–Crippen MR) is 89.6 cm³/mol. The summed E-state index contributed by atoms with van der Waals surface area (Å²) >= 11 is 7.31. The summed E-state index contributed by atoms with van der Waals surface area (Å²) in [5.41, 5.74) is 2.34. The van der Waals surface area contributed by atoms with Crippen molar-refractivity contribution in [3.63, 3.8) is 0 Å². The molecule has 0 atom stereocenters. The summed E-state index contributed by atoms with van der Waals surface area (Å²) in [7, 11) is 0. The second-order valence-electron chi connectivity index (χ2n) is 4.90. The van der Waals surface area contributed by atoms with Gasteiger partial charge in [0.25, 0.3) is 0 Å². The van der Waals surface area contributed by atoms with Crippen molar-refractivity contribution >= 4 is 46.6 Å². The fraction of sp³-hybridized carbons (Fsp3) is 0.125. The van der Waals surface area contributed by atoms with Crippen LogP contribution in [-0.4, -0.2) is 17.6 Å². The van der Waals surface area contributed by atoms with Gasteiger partial charge in [-0.1, -0.05) is 17.7 Å². The van der Waals surface area contributed by atoms with Crippen LogP contribution in [0.15, 0.2) is 47.4 Å². The number of fused-ring (bicyclic) bond motifs is 1. The van der Waals surface area contributed by atoms with Crippen LogP contribution >= 0.6 is 23.4 Å². The van der Waals surface area contributed by atoms with Gasteiger partial charge in [-0.25, -0.2) is 0 Å². The maximum absolute atomic E-state index is 12.1. The molecule has 0 aliphatic carbocycles. The molecule has 2 aromatic rings. The summed E-state index contributed by atoms with van der Waals surface area (Å²) in [4.78, 5) is 24.5. The smallest absolute Gasteiger partial charge is 0.234 e. The molecule has 1 heterocycles. The highest BCUT2D eigenvalue weighted by Gasteiger charge is 2.16. The Bertz CT molecular complexity index is 731. The van der Waals surface area contributed by atoms with Gasteiger partial charge in [-0.3, -0.25) is 9.59 Å². The molecule has 0 aromatic heterocycles. The molecule has 2 aromatic carbocycles. The van der Waals surface area contributed by atoms with Crippen molar-refractivity contribution < 1.29 is 9.59 Å². The third-order valence-corrected chi connectivity index (χ3v) is 4.49. The van der Waals surface area contributed by atoms with Crippen LogP contribution in [0.25, 0.3) is 0 Å². The van der Waals surface area contributed by atoms with Crippen molar-refractivity contribution in [2.45, 2.75) is 11.3 Å². The van der Waals surface area contributed by atoms with E-state index in [-0.39, 0.29) is 18.2 Å². The number of rotatable bonds is 3. The number of halogens is 1. The van der Waals surface area contributed by atoms with Gasteiger partial charge in [0.05, 0.1) is 17.9 Å². The van der Waals surface area contributed by atoms with E-state index in [2.05, 4.69) is 10.6 Å². The Hall–Kier alpha value is -1.98. The molecule has 2 N–H and O–H groups in total. The third kappa shape index (κ3) is 3.61. The van der Waals surface area contributed by atoms with E-state index in [0.29, 0.717) is 16.5 Å². The Labute approximate surface area is 137 Å². The third-order valence-electron chi connectivity index (χ3n) is 3.17. The van der Waals surface area contributed by atoms with Gasteiger partial charge in [0, 0.05) is 15.6 Å². The number of benzene rings is 2. The van der Waals surface area contributed by atoms with Gasteiger partial charge in [-0.2, -0.15) is 0 Å². The van der Waals surface area contributed by atoms with Crippen molar-refractivity contribution in [1.29, 1.82) is 0 Å². The minimum Gasteiger partial charge on any atom is -0.326 e. The summed E-state index contributed by atoms with van der Waals surface area (Å²) < 4.78 is 0. The van der Waals surface area contributed by atoms with E-state index in [0.717, 1.165) is 16.1 Å². The van der Waals surface area contributed by atoms with Gasteiger partial charge in [0.1, 0.15) is 0 Å². The lowest BCUT2D eigenvalue weighted by Crippen LogP contribution is -2.19. The Morgan fingerprint density at radius 3 is 2.77 bits per heavy atom. The first-order chi connectivity index (χ1) is 10.6. The van der Waals surface area contributed by atoms with Crippen LogP contribution in [0.3, 0.4) is 0 Å². The van der Waals surface area contributed by atoms with Crippen molar-refractivity contribution in [1.82, 2.24) is 0 Å². The molecule has 4 nitrogen and oxygen atoms in total. The molecule has 1 aliphatic rings. The topological polar surface area (TPSA) is 58.2 Å². The van der Waals surface area contributed by atoms with Gasteiger partial charge in [-0.05, 0) is 42.0 Å². The lowest BCUT2D eigenvalue weighted by Gasteiger charge is -2.17. The number of anilines is 2. The minimum absolute atomic E-state index is 0.0136. The highest BCUT2D eigenvalue weighted by molar-refractivity contribution is 8.00. The lowest BCUT2D eigenvalue weighted by atomic mass is 10.1. The van der Waals surface area contributed by atoms with E-state index in [1.807, 2.05) is 18.2 Å². The number of nitrogens with one attached hydrogen (secondary N) is 2. The number of hydrogen-bond acceptors (Lipinski definition) is 3. The molecule has 2 amide bonds. The normalized spacial score (nSPS) is 13.2. The summed E-state index contributed by atoms with van der Waals surface area (Å²) in [6.45, 7) is 0. The zero-order valence-electron chi connectivity index (χ0n) is 11.6. The zero-order valence-corrected chi connectivity index (χ0v) is 13.1. The maximum Gasteiger partial charge on any atom is 0.234 e. The standard InChI is InChI=1S/C16H13ClN2O2S/c17-11-2-4-12(5-3-11)18-15(20)8-10-1-6-14-13(7-10)19-16(21)9-22-14/h1-7H,8-9H2,(H,18,20)(H,19,21). The number of amides is 2. The molecule has 0 saturated heterocycles. The van der Waals surface area contributed by atoms with E-state index in [9.17, 15) is 9.59 Å². The predicted octanol–water partition coefficient (Wildman–Crippen LogP) is 3.57. The monoisotopic (exact) mass is 332 g/mol. The van der Waals surface area contributed by atoms with E-state index in [1.54, 1.807) is 24.3 Å². The molecule has 0 unspecified atom stereocenters. The Balaban J connectivity index is 1.67. The van der Waals surface area contributed by atoms with E-state index >= 15 is 0 Å².